The Labute approximate surface area is 106 Å². The summed E-state index contributed by atoms with van der Waals surface area (Å²) in [6.07, 6.45) is 1.90. The maximum absolute atomic E-state index is 11.7. The molecular weight excluding hydrogens is 224 g/mol. The van der Waals surface area contributed by atoms with Gasteiger partial charge in [-0.15, -0.1) is 0 Å². The summed E-state index contributed by atoms with van der Waals surface area (Å²) in [5.41, 5.74) is 3.72. The number of benzene rings is 2. The number of carbonyl (C=O) groups is 1. The zero-order chi connectivity index (χ0) is 12.5. The summed E-state index contributed by atoms with van der Waals surface area (Å²) in [5, 5.41) is 0. The van der Waals surface area contributed by atoms with E-state index in [0.29, 0.717) is 11.3 Å². The Morgan fingerprint density at radius 3 is 2.56 bits per heavy atom. The van der Waals surface area contributed by atoms with Crippen LogP contribution in [-0.4, -0.2) is 5.97 Å². The van der Waals surface area contributed by atoms with E-state index < -0.39 is 0 Å². The number of hydrogen-bond acceptors (Lipinski definition) is 2. The minimum Gasteiger partial charge on any atom is -0.422 e. The van der Waals surface area contributed by atoms with Gasteiger partial charge in [-0.2, -0.15) is 0 Å². The molecule has 1 heterocycles. The molecule has 1 aliphatic rings. The summed E-state index contributed by atoms with van der Waals surface area (Å²) in [6.45, 7) is 2.04. The molecule has 3 rings (SSSR count). The average Bonchev–Trinajstić information content (AvgIpc) is 2.67. The molecule has 0 aliphatic carbocycles. The summed E-state index contributed by atoms with van der Waals surface area (Å²) in [7, 11) is 0. The third-order valence-corrected chi connectivity index (χ3v) is 2.95. The number of esters is 1. The third-order valence-electron chi connectivity index (χ3n) is 2.95. The summed E-state index contributed by atoms with van der Waals surface area (Å²) < 4.78 is 5.30. The van der Waals surface area contributed by atoms with Gasteiger partial charge in [0.15, 0.2) is 0 Å². The van der Waals surface area contributed by atoms with Gasteiger partial charge in [0, 0.05) is 5.56 Å². The van der Waals surface area contributed by atoms with Crippen molar-refractivity contribution in [3.8, 4) is 0 Å². The maximum Gasteiger partial charge on any atom is 0.344 e. The molecule has 2 heteroatoms. The molecule has 1 aliphatic heterocycles. The van der Waals surface area contributed by atoms with Crippen molar-refractivity contribution in [1.29, 1.82) is 0 Å². The van der Waals surface area contributed by atoms with Gasteiger partial charge in [-0.1, -0.05) is 48.0 Å². The fourth-order valence-electron chi connectivity index (χ4n) is 2.10. The summed E-state index contributed by atoms with van der Waals surface area (Å²) >= 11 is 0. The molecule has 88 valence electrons. The number of hydrogen-bond donors (Lipinski definition) is 0. The van der Waals surface area contributed by atoms with Gasteiger partial charge in [-0.3, -0.25) is 0 Å². The quantitative estimate of drug-likeness (QED) is 0.706. The molecule has 0 radical (unpaired) electrons. The minimum atomic E-state index is -0.274. The van der Waals surface area contributed by atoms with Gasteiger partial charge in [0.1, 0.15) is 5.76 Å². The second kappa shape index (κ2) is 4.15. The predicted molar refractivity (Wildman–Crippen MR) is 70.9 cm³/mol. The number of carbonyl (C=O) groups excluding carboxylic acids is 1. The van der Waals surface area contributed by atoms with Gasteiger partial charge >= 0.3 is 5.97 Å². The SMILES string of the molecule is Cc1cccc(/C=C2\OC(=O)c3ccccc32)c1. The van der Waals surface area contributed by atoms with E-state index in [9.17, 15) is 4.79 Å². The van der Waals surface area contributed by atoms with Crippen LogP contribution in [0.2, 0.25) is 0 Å². The van der Waals surface area contributed by atoms with Crippen LogP contribution in [0.4, 0.5) is 0 Å². The van der Waals surface area contributed by atoms with E-state index in [1.54, 1.807) is 6.07 Å². The van der Waals surface area contributed by atoms with Gasteiger partial charge in [0.2, 0.25) is 0 Å². The Morgan fingerprint density at radius 2 is 1.78 bits per heavy atom. The highest BCUT2D eigenvalue weighted by Gasteiger charge is 2.25. The third kappa shape index (κ3) is 1.82. The second-order valence-corrected chi connectivity index (χ2v) is 4.36. The van der Waals surface area contributed by atoms with Crippen LogP contribution in [0.25, 0.3) is 11.8 Å². The second-order valence-electron chi connectivity index (χ2n) is 4.36. The van der Waals surface area contributed by atoms with Crippen molar-refractivity contribution < 1.29 is 9.53 Å². The van der Waals surface area contributed by atoms with E-state index >= 15 is 0 Å². The Morgan fingerprint density at radius 1 is 1.00 bits per heavy atom. The lowest BCUT2D eigenvalue weighted by molar-refractivity contribution is 0.0717. The molecule has 0 amide bonds. The fraction of sp³-hybridized carbons (Fsp3) is 0.0625. The van der Waals surface area contributed by atoms with E-state index in [1.165, 1.54) is 5.56 Å². The highest BCUT2D eigenvalue weighted by atomic mass is 16.5. The molecule has 18 heavy (non-hydrogen) atoms. The van der Waals surface area contributed by atoms with Crippen LogP contribution in [0.15, 0.2) is 48.5 Å². The lowest BCUT2D eigenvalue weighted by atomic mass is 10.1. The zero-order valence-electron chi connectivity index (χ0n) is 10.0. The number of aryl methyl sites for hydroxylation is 1. The smallest absolute Gasteiger partial charge is 0.344 e. The van der Waals surface area contributed by atoms with Crippen LogP contribution >= 0.6 is 0 Å². The molecule has 0 bridgehead atoms. The molecule has 0 saturated carbocycles. The Bertz CT molecular complexity index is 654. The molecule has 2 aromatic rings. The first-order chi connectivity index (χ1) is 8.74. The summed E-state index contributed by atoms with van der Waals surface area (Å²) in [6, 6.07) is 15.5. The molecule has 0 aromatic heterocycles. The van der Waals surface area contributed by atoms with Crippen molar-refractivity contribution in [2.75, 3.05) is 0 Å². The van der Waals surface area contributed by atoms with Gasteiger partial charge < -0.3 is 4.74 Å². The van der Waals surface area contributed by atoms with Crippen molar-refractivity contribution in [2.24, 2.45) is 0 Å². The van der Waals surface area contributed by atoms with Crippen molar-refractivity contribution >= 4 is 17.8 Å². The van der Waals surface area contributed by atoms with E-state index in [0.717, 1.165) is 11.1 Å². The van der Waals surface area contributed by atoms with Crippen molar-refractivity contribution in [3.05, 3.63) is 70.8 Å². The number of cyclic esters (lactones) is 1. The lowest BCUT2D eigenvalue weighted by Crippen LogP contribution is -1.92. The molecule has 0 N–H and O–H groups in total. The molecule has 2 nitrogen and oxygen atoms in total. The number of fused-ring (bicyclic) bond motifs is 1. The van der Waals surface area contributed by atoms with E-state index in [2.05, 4.69) is 6.07 Å². The number of rotatable bonds is 1. The van der Waals surface area contributed by atoms with Crippen LogP contribution in [0.3, 0.4) is 0 Å². The van der Waals surface area contributed by atoms with Crippen LogP contribution in [0, 0.1) is 6.92 Å². The van der Waals surface area contributed by atoms with Crippen LogP contribution < -0.4 is 0 Å². The molecular formula is C16H12O2. The highest BCUT2D eigenvalue weighted by Crippen LogP contribution is 2.30. The van der Waals surface area contributed by atoms with Gasteiger partial charge in [-0.05, 0) is 24.6 Å². The van der Waals surface area contributed by atoms with Crippen LogP contribution in [-0.2, 0) is 4.74 Å². The van der Waals surface area contributed by atoms with Gasteiger partial charge in [0.25, 0.3) is 0 Å². The first-order valence-electron chi connectivity index (χ1n) is 5.84. The van der Waals surface area contributed by atoms with Crippen molar-refractivity contribution in [2.45, 2.75) is 6.92 Å². The number of ether oxygens (including phenoxy) is 1. The Hall–Kier alpha value is -2.35. The molecule has 2 aromatic carbocycles. The van der Waals surface area contributed by atoms with E-state index in [-0.39, 0.29) is 5.97 Å². The van der Waals surface area contributed by atoms with Crippen molar-refractivity contribution in [1.82, 2.24) is 0 Å². The van der Waals surface area contributed by atoms with Gasteiger partial charge in [-0.25, -0.2) is 4.79 Å². The van der Waals surface area contributed by atoms with Crippen LogP contribution in [0.1, 0.15) is 27.0 Å². The zero-order valence-corrected chi connectivity index (χ0v) is 10.0. The normalized spacial score (nSPS) is 15.6. The molecule has 0 atom stereocenters. The predicted octanol–water partition coefficient (Wildman–Crippen LogP) is 3.66. The average molecular weight is 236 g/mol. The monoisotopic (exact) mass is 236 g/mol. The fourth-order valence-corrected chi connectivity index (χ4v) is 2.10. The Balaban J connectivity index is 2.07. The highest BCUT2D eigenvalue weighted by molar-refractivity contribution is 6.05. The van der Waals surface area contributed by atoms with Crippen molar-refractivity contribution in [3.63, 3.8) is 0 Å². The Kier molecular flexibility index (Phi) is 2.49. The standard InChI is InChI=1S/C16H12O2/c1-11-5-4-6-12(9-11)10-15-13-7-2-3-8-14(13)16(17)18-15/h2-10H,1H3/b15-10-. The summed E-state index contributed by atoms with van der Waals surface area (Å²) in [5.74, 6) is 0.353. The molecule has 0 saturated heterocycles. The van der Waals surface area contributed by atoms with Gasteiger partial charge in [0.05, 0.1) is 5.56 Å². The first kappa shape index (κ1) is 10.8. The van der Waals surface area contributed by atoms with E-state index in [4.69, 9.17) is 4.74 Å². The van der Waals surface area contributed by atoms with Crippen LogP contribution in [0.5, 0.6) is 0 Å². The first-order valence-corrected chi connectivity index (χ1v) is 5.84. The lowest BCUT2D eigenvalue weighted by Gasteiger charge is -2.00. The molecule has 0 fully saturated rings. The van der Waals surface area contributed by atoms with E-state index in [1.807, 2.05) is 49.4 Å². The topological polar surface area (TPSA) is 26.3 Å². The minimum absolute atomic E-state index is 0.274. The molecule has 0 spiro atoms. The largest absolute Gasteiger partial charge is 0.422 e. The summed E-state index contributed by atoms with van der Waals surface area (Å²) in [4.78, 5) is 11.7. The maximum atomic E-state index is 11.7. The molecule has 0 unspecified atom stereocenters.